The molecule has 0 aromatic heterocycles. The summed E-state index contributed by atoms with van der Waals surface area (Å²) in [6.45, 7) is 1.89. The first kappa shape index (κ1) is 13.3. The number of rotatable bonds is 3. The molecule has 2 rings (SSSR count). The summed E-state index contributed by atoms with van der Waals surface area (Å²) in [4.78, 5) is 23.6. The summed E-state index contributed by atoms with van der Waals surface area (Å²) in [5.74, 6) is -0.831. The molecule has 1 aliphatic carbocycles. The number of carbonyl (C=O) groups excluding carboxylic acids is 2. The predicted octanol–water partition coefficient (Wildman–Crippen LogP) is 1.54. The Morgan fingerprint density at radius 2 is 1.89 bits per heavy atom. The molecule has 0 saturated carbocycles. The van der Waals surface area contributed by atoms with Crippen LogP contribution in [0.25, 0.3) is 0 Å². The van der Waals surface area contributed by atoms with E-state index in [-0.39, 0.29) is 23.8 Å². The SMILES string of the molecule is Cc1ccccc1C(=O)N[C@@H]1CC=CC[C@H]1C(N)=O. The van der Waals surface area contributed by atoms with Crippen molar-refractivity contribution in [1.29, 1.82) is 0 Å². The Labute approximate surface area is 112 Å². The molecule has 2 amide bonds. The van der Waals surface area contributed by atoms with Gasteiger partial charge in [0.15, 0.2) is 0 Å². The molecule has 2 atom stereocenters. The molecule has 1 aromatic rings. The third-order valence-corrected chi connectivity index (χ3v) is 3.50. The van der Waals surface area contributed by atoms with Crippen molar-refractivity contribution in [2.75, 3.05) is 0 Å². The zero-order chi connectivity index (χ0) is 13.8. The lowest BCUT2D eigenvalue weighted by atomic mass is 9.88. The number of hydrogen-bond acceptors (Lipinski definition) is 2. The number of aryl methyl sites for hydroxylation is 1. The molecule has 1 aromatic carbocycles. The molecular formula is C15H18N2O2. The molecule has 4 nitrogen and oxygen atoms in total. The molecule has 3 N–H and O–H groups in total. The summed E-state index contributed by atoms with van der Waals surface area (Å²) in [6.07, 6.45) is 5.15. The van der Waals surface area contributed by atoms with E-state index in [4.69, 9.17) is 5.73 Å². The maximum Gasteiger partial charge on any atom is 0.251 e. The van der Waals surface area contributed by atoms with Gasteiger partial charge < -0.3 is 11.1 Å². The van der Waals surface area contributed by atoms with Crippen LogP contribution in [-0.4, -0.2) is 17.9 Å². The van der Waals surface area contributed by atoms with Gasteiger partial charge in [0.2, 0.25) is 5.91 Å². The maximum absolute atomic E-state index is 12.2. The van der Waals surface area contributed by atoms with Crippen molar-refractivity contribution < 1.29 is 9.59 Å². The highest BCUT2D eigenvalue weighted by molar-refractivity contribution is 5.96. The Bertz CT molecular complexity index is 523. The lowest BCUT2D eigenvalue weighted by Crippen LogP contribution is -2.46. The smallest absolute Gasteiger partial charge is 0.251 e. The van der Waals surface area contributed by atoms with Crippen LogP contribution in [0.3, 0.4) is 0 Å². The molecule has 0 saturated heterocycles. The van der Waals surface area contributed by atoms with Crippen LogP contribution in [-0.2, 0) is 4.79 Å². The highest BCUT2D eigenvalue weighted by atomic mass is 16.2. The second-order valence-electron chi connectivity index (χ2n) is 4.85. The molecule has 0 unspecified atom stereocenters. The summed E-state index contributed by atoms with van der Waals surface area (Å²) in [7, 11) is 0. The zero-order valence-electron chi connectivity index (χ0n) is 10.9. The molecule has 19 heavy (non-hydrogen) atoms. The van der Waals surface area contributed by atoms with Crippen LogP contribution in [0.5, 0.6) is 0 Å². The monoisotopic (exact) mass is 258 g/mol. The highest BCUT2D eigenvalue weighted by Gasteiger charge is 2.28. The number of carbonyl (C=O) groups is 2. The van der Waals surface area contributed by atoms with E-state index in [0.29, 0.717) is 18.4 Å². The van der Waals surface area contributed by atoms with Crippen LogP contribution >= 0.6 is 0 Å². The van der Waals surface area contributed by atoms with Crippen molar-refractivity contribution >= 4 is 11.8 Å². The van der Waals surface area contributed by atoms with E-state index in [2.05, 4.69) is 5.32 Å². The van der Waals surface area contributed by atoms with Gasteiger partial charge in [-0.15, -0.1) is 0 Å². The topological polar surface area (TPSA) is 72.2 Å². The zero-order valence-corrected chi connectivity index (χ0v) is 10.9. The lowest BCUT2D eigenvalue weighted by Gasteiger charge is -2.27. The lowest BCUT2D eigenvalue weighted by molar-refractivity contribution is -0.122. The van der Waals surface area contributed by atoms with Crippen LogP contribution in [0, 0.1) is 12.8 Å². The second kappa shape index (κ2) is 5.69. The number of primary amides is 1. The van der Waals surface area contributed by atoms with Gasteiger partial charge in [-0.05, 0) is 31.4 Å². The predicted molar refractivity (Wildman–Crippen MR) is 73.5 cm³/mol. The first-order valence-electron chi connectivity index (χ1n) is 6.40. The van der Waals surface area contributed by atoms with E-state index in [0.717, 1.165) is 5.56 Å². The number of allylic oxidation sites excluding steroid dienone is 1. The van der Waals surface area contributed by atoms with Crippen LogP contribution in [0.1, 0.15) is 28.8 Å². The molecule has 0 aliphatic heterocycles. The summed E-state index contributed by atoms with van der Waals surface area (Å²) in [6, 6.07) is 7.18. The molecule has 0 bridgehead atoms. The molecule has 0 fully saturated rings. The number of amides is 2. The third-order valence-electron chi connectivity index (χ3n) is 3.50. The fourth-order valence-electron chi connectivity index (χ4n) is 2.36. The van der Waals surface area contributed by atoms with Gasteiger partial charge in [0.1, 0.15) is 0 Å². The Morgan fingerprint density at radius 3 is 2.58 bits per heavy atom. The Balaban J connectivity index is 2.12. The summed E-state index contributed by atoms with van der Waals surface area (Å²) < 4.78 is 0. The average molecular weight is 258 g/mol. The first-order chi connectivity index (χ1) is 9.09. The van der Waals surface area contributed by atoms with Gasteiger partial charge in [0, 0.05) is 11.6 Å². The van der Waals surface area contributed by atoms with E-state index < -0.39 is 0 Å². The van der Waals surface area contributed by atoms with Gasteiger partial charge in [0.05, 0.1) is 5.92 Å². The van der Waals surface area contributed by atoms with Gasteiger partial charge in [-0.25, -0.2) is 0 Å². The van der Waals surface area contributed by atoms with Crippen LogP contribution in [0.2, 0.25) is 0 Å². The Kier molecular flexibility index (Phi) is 4.00. The van der Waals surface area contributed by atoms with Crippen molar-refractivity contribution in [2.45, 2.75) is 25.8 Å². The minimum atomic E-state index is -0.362. The van der Waals surface area contributed by atoms with Crippen molar-refractivity contribution in [2.24, 2.45) is 11.7 Å². The summed E-state index contributed by atoms with van der Waals surface area (Å²) >= 11 is 0. The van der Waals surface area contributed by atoms with Gasteiger partial charge in [-0.3, -0.25) is 9.59 Å². The number of hydrogen-bond donors (Lipinski definition) is 2. The molecule has 100 valence electrons. The minimum absolute atomic E-state index is 0.148. The third kappa shape index (κ3) is 3.02. The van der Waals surface area contributed by atoms with Crippen molar-refractivity contribution in [1.82, 2.24) is 5.32 Å². The largest absolute Gasteiger partial charge is 0.369 e. The van der Waals surface area contributed by atoms with E-state index in [1.807, 2.05) is 37.3 Å². The molecule has 4 heteroatoms. The van der Waals surface area contributed by atoms with E-state index in [9.17, 15) is 9.59 Å². The molecular weight excluding hydrogens is 240 g/mol. The quantitative estimate of drug-likeness (QED) is 0.807. The Hall–Kier alpha value is -2.10. The summed E-state index contributed by atoms with van der Waals surface area (Å²) in [5, 5.41) is 2.92. The van der Waals surface area contributed by atoms with Crippen LogP contribution in [0.15, 0.2) is 36.4 Å². The summed E-state index contributed by atoms with van der Waals surface area (Å²) in [5.41, 5.74) is 6.94. The van der Waals surface area contributed by atoms with Crippen molar-refractivity contribution in [3.05, 3.63) is 47.5 Å². The van der Waals surface area contributed by atoms with Gasteiger partial charge in [-0.1, -0.05) is 30.4 Å². The normalized spacial score (nSPS) is 21.9. The second-order valence-corrected chi connectivity index (χ2v) is 4.85. The number of nitrogens with one attached hydrogen (secondary N) is 1. The fourth-order valence-corrected chi connectivity index (χ4v) is 2.36. The molecule has 1 aliphatic rings. The highest BCUT2D eigenvalue weighted by Crippen LogP contribution is 2.19. The van der Waals surface area contributed by atoms with Gasteiger partial charge in [0.25, 0.3) is 5.91 Å². The minimum Gasteiger partial charge on any atom is -0.369 e. The number of nitrogens with two attached hydrogens (primary N) is 1. The molecule has 0 radical (unpaired) electrons. The van der Waals surface area contributed by atoms with Crippen LogP contribution in [0.4, 0.5) is 0 Å². The Morgan fingerprint density at radius 1 is 1.21 bits per heavy atom. The number of benzene rings is 1. The fraction of sp³-hybridized carbons (Fsp3) is 0.333. The van der Waals surface area contributed by atoms with Crippen LogP contribution < -0.4 is 11.1 Å². The molecule has 0 spiro atoms. The molecule has 0 heterocycles. The van der Waals surface area contributed by atoms with Gasteiger partial charge in [-0.2, -0.15) is 0 Å². The van der Waals surface area contributed by atoms with E-state index in [1.165, 1.54) is 0 Å². The van der Waals surface area contributed by atoms with Gasteiger partial charge >= 0.3 is 0 Å². The van der Waals surface area contributed by atoms with Crippen molar-refractivity contribution in [3.63, 3.8) is 0 Å². The standard InChI is InChI=1S/C15H18N2O2/c1-10-6-2-3-7-11(10)15(19)17-13-9-5-4-8-12(13)14(16)18/h2-7,12-13H,8-9H2,1H3,(H2,16,18)(H,17,19)/t12-,13-/m1/s1. The maximum atomic E-state index is 12.2. The first-order valence-corrected chi connectivity index (χ1v) is 6.40. The average Bonchev–Trinajstić information content (AvgIpc) is 2.39. The van der Waals surface area contributed by atoms with E-state index in [1.54, 1.807) is 6.07 Å². The van der Waals surface area contributed by atoms with Crippen molar-refractivity contribution in [3.8, 4) is 0 Å². The van der Waals surface area contributed by atoms with E-state index >= 15 is 0 Å².